The summed E-state index contributed by atoms with van der Waals surface area (Å²) in [5.41, 5.74) is 1.40. The number of benzene rings is 2. The lowest BCUT2D eigenvalue weighted by atomic mass is 9.73. The molecule has 7 heteroatoms. The highest BCUT2D eigenvalue weighted by Gasteiger charge is 2.35. The van der Waals surface area contributed by atoms with Gasteiger partial charge in [0.1, 0.15) is 11.6 Å². The van der Waals surface area contributed by atoms with E-state index in [-0.39, 0.29) is 28.7 Å². The van der Waals surface area contributed by atoms with E-state index < -0.39 is 29.7 Å². The summed E-state index contributed by atoms with van der Waals surface area (Å²) < 4.78 is 88.0. The quantitative estimate of drug-likeness (QED) is 0.207. The summed E-state index contributed by atoms with van der Waals surface area (Å²) >= 11 is 0. The van der Waals surface area contributed by atoms with Crippen LogP contribution in [0, 0.1) is 35.2 Å². The van der Waals surface area contributed by atoms with Crippen molar-refractivity contribution in [2.75, 3.05) is 0 Å². The van der Waals surface area contributed by atoms with Crippen molar-refractivity contribution < 1.29 is 31.1 Å². The minimum Gasteiger partial charge on any atom is -0.406 e. The van der Waals surface area contributed by atoms with Crippen molar-refractivity contribution >= 4 is 0 Å². The molecule has 2 fully saturated rings. The molecule has 0 radical (unpaired) electrons. The van der Waals surface area contributed by atoms with Gasteiger partial charge in [-0.05, 0) is 110 Å². The molecule has 0 N–H and O–H groups in total. The van der Waals surface area contributed by atoms with Crippen molar-refractivity contribution in [3.05, 3.63) is 64.0 Å². The van der Waals surface area contributed by atoms with Crippen molar-refractivity contribution in [2.24, 2.45) is 17.8 Å². The summed E-state index contributed by atoms with van der Waals surface area (Å²) in [5.74, 6) is -1.16. The lowest BCUT2D eigenvalue weighted by Crippen LogP contribution is -2.23. The molecule has 0 amide bonds. The summed E-state index contributed by atoms with van der Waals surface area (Å²) in [4.78, 5) is 0. The Bertz CT molecular complexity index is 1170. The van der Waals surface area contributed by atoms with Gasteiger partial charge >= 0.3 is 6.36 Å². The lowest BCUT2D eigenvalue weighted by molar-refractivity contribution is -0.274. The first-order valence-electron chi connectivity index (χ1n) is 16.2. The molecule has 3 aliphatic rings. The number of unbranched alkanes of at least 4 members (excludes halogenated alkanes) is 1. The molecule has 0 spiro atoms. The third kappa shape index (κ3) is 7.48. The van der Waals surface area contributed by atoms with Crippen LogP contribution in [0.15, 0.2) is 24.3 Å². The smallest absolute Gasteiger partial charge is 0.406 e. The molecule has 0 aromatic heterocycles. The van der Waals surface area contributed by atoms with Crippen LogP contribution in [-0.4, -0.2) is 6.36 Å². The molecular weight excluding hydrogens is 550 g/mol. The van der Waals surface area contributed by atoms with Gasteiger partial charge in [0.25, 0.3) is 0 Å². The fourth-order valence-corrected chi connectivity index (χ4v) is 8.02. The maximum Gasteiger partial charge on any atom is 0.573 e. The first-order chi connectivity index (χ1) is 20.1. The number of fused-ring (bicyclic) bond motifs is 1. The van der Waals surface area contributed by atoms with Gasteiger partial charge in [-0.15, -0.1) is 13.2 Å². The van der Waals surface area contributed by atoms with E-state index in [2.05, 4.69) is 11.7 Å². The Balaban J connectivity index is 1.17. The molecule has 5 rings (SSSR count). The van der Waals surface area contributed by atoms with Gasteiger partial charge in [0.2, 0.25) is 0 Å². The Morgan fingerprint density at radius 1 is 0.667 bits per heavy atom. The van der Waals surface area contributed by atoms with Crippen LogP contribution in [0.4, 0.5) is 26.3 Å². The molecule has 1 atom stereocenters. The maximum atomic E-state index is 15.8. The summed E-state index contributed by atoms with van der Waals surface area (Å²) in [6.45, 7) is 2.24. The molecule has 0 saturated heterocycles. The van der Waals surface area contributed by atoms with Crippen molar-refractivity contribution in [3.63, 3.8) is 0 Å². The number of halogens is 6. The van der Waals surface area contributed by atoms with Gasteiger partial charge in [-0.1, -0.05) is 70.4 Å². The lowest BCUT2D eigenvalue weighted by Gasteiger charge is -2.33. The van der Waals surface area contributed by atoms with Crippen LogP contribution < -0.4 is 4.74 Å². The first kappa shape index (κ1) is 31.3. The Hall–Kier alpha value is -2.18. The van der Waals surface area contributed by atoms with Gasteiger partial charge < -0.3 is 4.74 Å². The van der Waals surface area contributed by atoms with E-state index in [1.807, 2.05) is 0 Å². The van der Waals surface area contributed by atoms with Gasteiger partial charge in [0.05, 0.1) is 0 Å². The third-order valence-electron chi connectivity index (χ3n) is 10.5. The van der Waals surface area contributed by atoms with Crippen LogP contribution in [0.25, 0.3) is 0 Å². The zero-order chi connectivity index (χ0) is 29.9. The highest BCUT2D eigenvalue weighted by atomic mass is 19.4. The van der Waals surface area contributed by atoms with Gasteiger partial charge in [-0.2, -0.15) is 0 Å². The third-order valence-corrected chi connectivity index (χ3v) is 10.5. The topological polar surface area (TPSA) is 9.23 Å². The standard InChI is InChI=1S/C35H44F6O/c1-2-3-4-22-5-7-23(8-6-22)9-10-24-11-20-29-30(21-24)33(37)34(38)31(32(29)36)27-14-12-25(13-15-27)26-16-18-28(19-17-26)42-35(39,40)41/h16-19,22-25,27H,2-15,20-21H2,1H3. The van der Waals surface area contributed by atoms with E-state index in [1.165, 1.54) is 57.1 Å². The van der Waals surface area contributed by atoms with E-state index in [4.69, 9.17) is 0 Å². The molecular formula is C35H44F6O. The van der Waals surface area contributed by atoms with E-state index in [0.717, 1.165) is 36.7 Å². The van der Waals surface area contributed by atoms with Crippen LogP contribution in [0.1, 0.15) is 131 Å². The van der Waals surface area contributed by atoms with Crippen molar-refractivity contribution in [3.8, 4) is 5.75 Å². The molecule has 2 saturated carbocycles. The van der Waals surface area contributed by atoms with Gasteiger partial charge in [-0.3, -0.25) is 0 Å². The average molecular weight is 595 g/mol. The Morgan fingerprint density at radius 2 is 1.26 bits per heavy atom. The molecule has 0 aliphatic heterocycles. The van der Waals surface area contributed by atoms with Crippen molar-refractivity contribution in [1.29, 1.82) is 0 Å². The highest BCUT2D eigenvalue weighted by Crippen LogP contribution is 2.45. The Morgan fingerprint density at radius 3 is 1.88 bits per heavy atom. The van der Waals surface area contributed by atoms with Crippen LogP contribution in [0.3, 0.4) is 0 Å². The van der Waals surface area contributed by atoms with Crippen LogP contribution in [-0.2, 0) is 12.8 Å². The summed E-state index contributed by atoms with van der Waals surface area (Å²) in [5, 5.41) is 0. The fraction of sp³-hybridized carbons (Fsp3) is 0.657. The normalized spacial score (nSPS) is 26.6. The van der Waals surface area contributed by atoms with Crippen LogP contribution in [0.5, 0.6) is 5.75 Å². The van der Waals surface area contributed by atoms with E-state index in [1.54, 1.807) is 12.1 Å². The molecule has 0 heterocycles. The predicted molar refractivity (Wildman–Crippen MR) is 153 cm³/mol. The number of hydrogen-bond acceptors (Lipinski definition) is 1. The van der Waals surface area contributed by atoms with Gasteiger partial charge in [0.15, 0.2) is 11.6 Å². The molecule has 3 aliphatic carbocycles. The summed E-state index contributed by atoms with van der Waals surface area (Å²) in [6, 6.07) is 5.81. The molecule has 2 aromatic carbocycles. The van der Waals surface area contributed by atoms with E-state index in [9.17, 15) is 13.2 Å². The zero-order valence-corrected chi connectivity index (χ0v) is 24.7. The number of alkyl halides is 3. The molecule has 2 aromatic rings. The second-order valence-electron chi connectivity index (χ2n) is 13.2. The predicted octanol–water partition coefficient (Wildman–Crippen LogP) is 11.3. The molecule has 1 nitrogen and oxygen atoms in total. The first-order valence-corrected chi connectivity index (χ1v) is 16.2. The number of hydrogen-bond donors (Lipinski definition) is 0. The number of ether oxygens (including phenoxy) is 1. The van der Waals surface area contributed by atoms with E-state index >= 15 is 13.2 Å². The minimum atomic E-state index is -4.74. The molecule has 0 bridgehead atoms. The summed E-state index contributed by atoms with van der Waals surface area (Å²) in [7, 11) is 0. The zero-order valence-electron chi connectivity index (χ0n) is 24.7. The van der Waals surface area contributed by atoms with Gasteiger partial charge in [-0.25, -0.2) is 13.2 Å². The van der Waals surface area contributed by atoms with Crippen LogP contribution in [0.2, 0.25) is 0 Å². The van der Waals surface area contributed by atoms with Crippen molar-refractivity contribution in [1.82, 2.24) is 0 Å². The minimum absolute atomic E-state index is 0.0712. The molecule has 1 unspecified atom stereocenters. The largest absolute Gasteiger partial charge is 0.573 e. The monoisotopic (exact) mass is 594 g/mol. The average Bonchev–Trinajstić information content (AvgIpc) is 2.98. The van der Waals surface area contributed by atoms with Crippen molar-refractivity contribution in [2.45, 2.75) is 128 Å². The SMILES string of the molecule is CCCCC1CCC(CCC2CCc3c(F)c(C4CCC(c5ccc(OC(F)(F)F)cc5)CC4)c(F)c(F)c3C2)CC1. The second-order valence-corrected chi connectivity index (χ2v) is 13.2. The fourth-order valence-electron chi connectivity index (χ4n) is 8.02. The molecule has 42 heavy (non-hydrogen) atoms. The Kier molecular flexibility index (Phi) is 10.1. The van der Waals surface area contributed by atoms with E-state index in [0.29, 0.717) is 44.1 Å². The maximum absolute atomic E-state index is 15.8. The number of rotatable bonds is 9. The highest BCUT2D eigenvalue weighted by molar-refractivity contribution is 5.40. The Labute approximate surface area is 246 Å². The van der Waals surface area contributed by atoms with Crippen LogP contribution >= 0.6 is 0 Å². The summed E-state index contributed by atoms with van der Waals surface area (Å²) in [6.07, 6.45) is 10.5. The second kappa shape index (κ2) is 13.6. The molecule has 232 valence electrons. The van der Waals surface area contributed by atoms with Gasteiger partial charge in [0, 0.05) is 5.56 Å².